The van der Waals surface area contributed by atoms with Gasteiger partial charge in [-0.15, -0.1) is 34.0 Å². The average Bonchev–Trinajstić information content (AvgIpc) is 3.43. The molecule has 3 heteroatoms. The topological polar surface area (TPSA) is 0 Å². The molecule has 0 atom stereocenters. The minimum atomic E-state index is 1.30. The first-order valence-corrected chi connectivity index (χ1v) is 11.3. The van der Waals surface area contributed by atoms with Crippen LogP contribution in [0.2, 0.25) is 0 Å². The molecule has 0 aliphatic rings. The van der Waals surface area contributed by atoms with Crippen molar-refractivity contribution in [2.75, 3.05) is 0 Å². The molecule has 6 aromatic rings. The van der Waals surface area contributed by atoms with Gasteiger partial charge in [-0.2, -0.15) is 0 Å². The number of fused-ring (bicyclic) bond motifs is 3. The van der Waals surface area contributed by atoms with E-state index in [9.17, 15) is 0 Å². The van der Waals surface area contributed by atoms with E-state index in [0.717, 1.165) is 0 Å². The Kier molecular flexibility index (Phi) is 3.48. The van der Waals surface area contributed by atoms with Crippen molar-refractivity contribution in [3.05, 3.63) is 83.6 Å². The largest absolute Gasteiger partial charge is 0.144 e. The van der Waals surface area contributed by atoms with E-state index in [1.54, 1.807) is 0 Å². The van der Waals surface area contributed by atoms with Crippen LogP contribution < -0.4 is 0 Å². The van der Waals surface area contributed by atoms with Crippen molar-refractivity contribution in [2.24, 2.45) is 0 Å². The van der Waals surface area contributed by atoms with Gasteiger partial charge < -0.3 is 0 Å². The van der Waals surface area contributed by atoms with Crippen LogP contribution in [-0.4, -0.2) is 0 Å². The maximum atomic E-state index is 3.30. The Bertz CT molecular complexity index is 1430. The first kappa shape index (κ1) is 15.6. The predicted octanol–water partition coefficient (Wildman–Crippen LogP) is 8.46. The normalized spacial score (nSPS) is 11.7. The summed E-state index contributed by atoms with van der Waals surface area (Å²) in [4.78, 5) is 1.36. The molecule has 0 saturated carbocycles. The first-order chi connectivity index (χ1) is 13.4. The van der Waals surface area contributed by atoms with Crippen LogP contribution >= 0.6 is 34.0 Å². The van der Waals surface area contributed by atoms with Crippen LogP contribution in [0.25, 0.3) is 51.8 Å². The Morgan fingerprint density at radius 1 is 0.667 bits per heavy atom. The molecule has 127 valence electrons. The van der Waals surface area contributed by atoms with Gasteiger partial charge in [0.1, 0.15) is 0 Å². The molecular formula is C24H13S3. The lowest BCUT2D eigenvalue weighted by Gasteiger charge is -2.07. The van der Waals surface area contributed by atoms with Crippen molar-refractivity contribution in [3.63, 3.8) is 0 Å². The SMILES string of the molecule is [c]1ccc2sc(-c3csc4ccccc34)c(-c3cccc4sccc34)c2c1. The molecule has 3 heterocycles. The number of hydrogen-bond acceptors (Lipinski definition) is 3. The van der Waals surface area contributed by atoms with Crippen LogP contribution in [0.15, 0.2) is 77.5 Å². The van der Waals surface area contributed by atoms with Gasteiger partial charge >= 0.3 is 0 Å². The van der Waals surface area contributed by atoms with E-state index >= 15 is 0 Å². The molecule has 3 aromatic carbocycles. The fourth-order valence-corrected chi connectivity index (χ4v) is 6.87. The highest BCUT2D eigenvalue weighted by atomic mass is 32.1. The molecule has 0 aliphatic carbocycles. The Hall–Kier alpha value is -2.46. The highest BCUT2D eigenvalue weighted by Gasteiger charge is 2.19. The summed E-state index contributed by atoms with van der Waals surface area (Å²) in [5.41, 5.74) is 4.02. The minimum absolute atomic E-state index is 1.30. The fraction of sp³-hybridized carbons (Fsp3) is 0. The summed E-state index contributed by atoms with van der Waals surface area (Å²) >= 11 is 5.53. The Morgan fingerprint density at radius 3 is 2.52 bits per heavy atom. The van der Waals surface area contributed by atoms with Crippen molar-refractivity contribution in [1.82, 2.24) is 0 Å². The fourth-order valence-electron chi connectivity index (χ4n) is 3.81. The van der Waals surface area contributed by atoms with Gasteiger partial charge in [-0.25, -0.2) is 0 Å². The number of thiophene rings is 3. The van der Waals surface area contributed by atoms with Gasteiger partial charge in [0.05, 0.1) is 0 Å². The van der Waals surface area contributed by atoms with Gasteiger partial charge in [0.25, 0.3) is 0 Å². The molecule has 0 fully saturated rings. The highest BCUT2D eigenvalue weighted by molar-refractivity contribution is 7.24. The van der Waals surface area contributed by atoms with E-state index in [1.807, 2.05) is 40.1 Å². The average molecular weight is 398 g/mol. The highest BCUT2D eigenvalue weighted by Crippen LogP contribution is 2.49. The van der Waals surface area contributed by atoms with E-state index < -0.39 is 0 Å². The van der Waals surface area contributed by atoms with Crippen LogP contribution in [0.5, 0.6) is 0 Å². The molecule has 27 heavy (non-hydrogen) atoms. The third-order valence-corrected chi connectivity index (χ3v) is 8.07. The van der Waals surface area contributed by atoms with Crippen LogP contribution in [0.1, 0.15) is 0 Å². The molecule has 0 amide bonds. The summed E-state index contributed by atoms with van der Waals surface area (Å²) in [7, 11) is 0. The van der Waals surface area contributed by atoms with Crippen LogP contribution in [-0.2, 0) is 0 Å². The molecule has 0 aliphatic heterocycles. The predicted molar refractivity (Wildman–Crippen MR) is 122 cm³/mol. The number of benzene rings is 3. The lowest BCUT2D eigenvalue weighted by Crippen LogP contribution is -1.81. The van der Waals surface area contributed by atoms with E-state index in [2.05, 4.69) is 77.5 Å². The van der Waals surface area contributed by atoms with E-state index in [0.29, 0.717) is 0 Å². The van der Waals surface area contributed by atoms with Gasteiger partial charge in [0.2, 0.25) is 0 Å². The summed E-state index contributed by atoms with van der Waals surface area (Å²) < 4.78 is 4.00. The van der Waals surface area contributed by atoms with E-state index in [1.165, 1.54) is 51.8 Å². The van der Waals surface area contributed by atoms with Crippen molar-refractivity contribution in [1.29, 1.82) is 0 Å². The van der Waals surface area contributed by atoms with E-state index in [-0.39, 0.29) is 0 Å². The summed E-state index contributed by atoms with van der Waals surface area (Å²) in [6, 6.07) is 27.3. The Morgan fingerprint density at radius 2 is 1.52 bits per heavy atom. The minimum Gasteiger partial charge on any atom is -0.144 e. The van der Waals surface area contributed by atoms with Gasteiger partial charge in [-0.3, -0.25) is 0 Å². The third kappa shape index (κ3) is 2.32. The zero-order valence-corrected chi connectivity index (χ0v) is 16.7. The second-order valence-electron chi connectivity index (χ2n) is 6.51. The van der Waals surface area contributed by atoms with Crippen molar-refractivity contribution >= 4 is 64.3 Å². The summed E-state index contributed by atoms with van der Waals surface area (Å²) in [5, 5.41) is 8.49. The Labute approximate surface area is 169 Å². The van der Waals surface area contributed by atoms with Crippen molar-refractivity contribution in [2.45, 2.75) is 0 Å². The molecule has 0 bridgehead atoms. The van der Waals surface area contributed by atoms with Gasteiger partial charge in [-0.05, 0) is 47.3 Å². The number of rotatable bonds is 2. The lowest BCUT2D eigenvalue weighted by atomic mass is 9.96. The zero-order valence-electron chi connectivity index (χ0n) is 14.2. The summed E-state index contributed by atoms with van der Waals surface area (Å²) in [6.07, 6.45) is 0. The van der Waals surface area contributed by atoms with Gasteiger partial charge in [0.15, 0.2) is 0 Å². The standard InChI is InChI=1S/C24H13S3/c1-3-9-21-15(6-1)19(14-26-21)24-23(18-7-2-4-10-22(18)27-24)17-8-5-11-20-16(17)12-13-25-20/h1,3-14H. The Balaban J connectivity index is 1.76. The molecule has 0 saturated heterocycles. The van der Waals surface area contributed by atoms with Crippen molar-refractivity contribution in [3.8, 4) is 21.6 Å². The zero-order chi connectivity index (χ0) is 17.8. The van der Waals surface area contributed by atoms with Gasteiger partial charge in [-0.1, -0.05) is 36.4 Å². The second kappa shape index (κ2) is 6.03. The smallest absolute Gasteiger partial charge is 0.0448 e. The summed E-state index contributed by atoms with van der Waals surface area (Å²) in [5.74, 6) is 0. The molecule has 0 spiro atoms. The monoisotopic (exact) mass is 397 g/mol. The quantitative estimate of drug-likeness (QED) is 0.275. The van der Waals surface area contributed by atoms with Crippen LogP contribution in [0.4, 0.5) is 0 Å². The summed E-state index contributed by atoms with van der Waals surface area (Å²) in [6.45, 7) is 0. The molecule has 3 aromatic heterocycles. The van der Waals surface area contributed by atoms with Crippen LogP contribution in [0.3, 0.4) is 0 Å². The molecule has 0 nitrogen and oxygen atoms in total. The molecule has 1 radical (unpaired) electrons. The molecule has 0 unspecified atom stereocenters. The lowest BCUT2D eigenvalue weighted by molar-refractivity contribution is 1.76. The maximum absolute atomic E-state index is 3.30. The molecule has 0 N–H and O–H groups in total. The third-order valence-electron chi connectivity index (χ3n) is 5.02. The molecular weight excluding hydrogens is 384 g/mol. The maximum Gasteiger partial charge on any atom is 0.0448 e. The van der Waals surface area contributed by atoms with Gasteiger partial charge in [0, 0.05) is 51.6 Å². The molecule has 6 rings (SSSR count). The number of hydrogen-bond donors (Lipinski definition) is 0. The first-order valence-electron chi connectivity index (χ1n) is 8.76. The second-order valence-corrected chi connectivity index (χ2v) is 9.42. The van der Waals surface area contributed by atoms with Crippen LogP contribution in [0, 0.1) is 6.07 Å². The van der Waals surface area contributed by atoms with E-state index in [4.69, 9.17) is 0 Å². The van der Waals surface area contributed by atoms with Crippen molar-refractivity contribution < 1.29 is 0 Å².